The smallest absolute Gasteiger partial charge is 0.462 e. The van der Waals surface area contributed by atoms with Crippen molar-refractivity contribution >= 4 is 19.8 Å². The molecule has 1 unspecified atom stereocenters. The van der Waals surface area contributed by atoms with Crippen LogP contribution in [0.4, 0.5) is 0 Å². The lowest BCUT2D eigenvalue weighted by molar-refractivity contribution is -0.161. The molecule has 5 atom stereocenters. The Balaban J connectivity index is 4.56. The number of allylic oxidation sites excluding steroid dienone is 14. The van der Waals surface area contributed by atoms with Gasteiger partial charge in [0.2, 0.25) is 0 Å². The van der Waals surface area contributed by atoms with Crippen LogP contribution in [0.1, 0.15) is 136 Å². The minimum Gasteiger partial charge on any atom is -0.462 e. The van der Waals surface area contributed by atoms with E-state index >= 15 is 0 Å². The third-order valence-corrected chi connectivity index (χ3v) is 9.79. The number of carbonyl (C=O) groups is 2. The maximum Gasteiger partial charge on any atom is 0.472 e. The topological polar surface area (TPSA) is 195 Å². The minimum absolute atomic E-state index is 0.0124. The van der Waals surface area contributed by atoms with Crippen LogP contribution in [0, 0.1) is 0 Å². The van der Waals surface area contributed by atoms with E-state index < -0.39 is 57.4 Å². The Hall–Kier alpha value is -3.19. The zero-order chi connectivity index (χ0) is 44.4. The van der Waals surface area contributed by atoms with E-state index in [1.54, 1.807) is 42.5 Å². The second kappa shape index (κ2) is 41.2. The molecule has 0 radical (unpaired) electrons. The number of ether oxygens (including phenoxy) is 2. The fourth-order valence-electron chi connectivity index (χ4n) is 5.35. The SMILES string of the molecule is CCCCC/C=C\C/C=C\C/C=C\C/C=C\CCCCCC(=O)OC[C@H](COP(=O)(O)OCCN)OC(=O)CCC[C@H](O)[C@@H](O)/C=C/C=C/C=C\C=C\[C@@H](O)CCCCC. The lowest BCUT2D eigenvalue weighted by Gasteiger charge is -2.20. The van der Waals surface area contributed by atoms with E-state index in [2.05, 4.69) is 62.5 Å². The number of unbranched alkanes of at least 4 members (excludes halogenated alkanes) is 8. The molecule has 0 aromatic heterocycles. The first-order valence-electron chi connectivity index (χ1n) is 22.0. The van der Waals surface area contributed by atoms with Gasteiger partial charge in [0.05, 0.1) is 31.5 Å². The molecule has 0 spiro atoms. The Morgan fingerprint density at radius 2 is 1.17 bits per heavy atom. The number of aliphatic hydroxyl groups is 3. The molecule has 13 heteroatoms. The number of esters is 2. The van der Waals surface area contributed by atoms with Crippen molar-refractivity contribution in [3.05, 3.63) is 97.2 Å². The number of hydrogen-bond acceptors (Lipinski definition) is 11. The molecule has 0 heterocycles. The number of rotatable bonds is 39. The van der Waals surface area contributed by atoms with Crippen molar-refractivity contribution in [1.29, 1.82) is 0 Å². The van der Waals surface area contributed by atoms with Gasteiger partial charge < -0.3 is 35.4 Å². The molecule has 0 bridgehead atoms. The Bertz CT molecular complexity index is 1350. The lowest BCUT2D eigenvalue weighted by atomic mass is 10.1. The summed E-state index contributed by atoms with van der Waals surface area (Å²) in [5.74, 6) is -1.21. The van der Waals surface area contributed by atoms with E-state index in [1.165, 1.54) is 31.8 Å². The van der Waals surface area contributed by atoms with Gasteiger partial charge in [-0.15, -0.1) is 0 Å². The standard InChI is InChI=1S/C47H78NO11P/c1-3-5-7-8-9-10-11-12-13-14-15-16-17-18-19-20-21-26-30-36-46(52)56-40-43(41-58-60(54,55)57-39-38-48)59-47(53)37-31-35-45(51)44(50)34-29-25-23-22-24-28-33-42(49)32-27-6-4-2/h9-10,12-13,15-16,18-19,22-25,28-29,33-34,42-45,49-51H,3-8,11,14,17,20-21,26-27,30-32,35-41,48H2,1-2H3,(H,54,55)/b10-9-,13-12-,16-15-,19-18-,24-22-,25-23+,33-28+,34-29+/t42-,43+,44-,45-/m0/s1. The molecule has 0 aromatic carbocycles. The van der Waals surface area contributed by atoms with Gasteiger partial charge in [0.15, 0.2) is 6.10 Å². The van der Waals surface area contributed by atoms with Gasteiger partial charge >= 0.3 is 19.8 Å². The van der Waals surface area contributed by atoms with Crippen LogP contribution in [0.3, 0.4) is 0 Å². The Labute approximate surface area is 361 Å². The van der Waals surface area contributed by atoms with Crippen LogP contribution in [-0.2, 0) is 32.7 Å². The van der Waals surface area contributed by atoms with Crippen LogP contribution in [0.5, 0.6) is 0 Å². The summed E-state index contributed by atoms with van der Waals surface area (Å²) in [4.78, 5) is 34.9. The van der Waals surface area contributed by atoms with Crippen LogP contribution < -0.4 is 5.73 Å². The van der Waals surface area contributed by atoms with E-state index in [0.717, 1.165) is 64.2 Å². The molecular weight excluding hydrogens is 785 g/mol. The van der Waals surface area contributed by atoms with Crippen molar-refractivity contribution in [1.82, 2.24) is 0 Å². The third kappa shape index (κ3) is 39.0. The summed E-state index contributed by atoms with van der Waals surface area (Å²) in [6, 6.07) is 0. The summed E-state index contributed by atoms with van der Waals surface area (Å²) in [5, 5.41) is 30.5. The highest BCUT2D eigenvalue weighted by atomic mass is 31.2. The maximum absolute atomic E-state index is 12.6. The molecule has 342 valence electrons. The van der Waals surface area contributed by atoms with Crippen LogP contribution in [0.15, 0.2) is 97.2 Å². The van der Waals surface area contributed by atoms with Gasteiger partial charge in [-0.3, -0.25) is 18.6 Å². The van der Waals surface area contributed by atoms with Crippen molar-refractivity contribution in [2.45, 2.75) is 160 Å². The summed E-state index contributed by atoms with van der Waals surface area (Å²) in [6.45, 7) is 3.13. The van der Waals surface area contributed by atoms with Gasteiger partial charge in [-0.2, -0.15) is 0 Å². The lowest BCUT2D eigenvalue weighted by Crippen LogP contribution is -2.30. The van der Waals surface area contributed by atoms with E-state index in [0.29, 0.717) is 6.42 Å². The molecule has 0 aliphatic rings. The quantitative estimate of drug-likeness (QED) is 0.0129. The summed E-state index contributed by atoms with van der Waals surface area (Å²) < 4.78 is 32.5. The number of nitrogens with two attached hydrogens (primary N) is 1. The van der Waals surface area contributed by atoms with Crippen LogP contribution in [0.25, 0.3) is 0 Å². The highest BCUT2D eigenvalue weighted by molar-refractivity contribution is 7.47. The van der Waals surface area contributed by atoms with Gasteiger partial charge in [-0.25, -0.2) is 4.57 Å². The average Bonchev–Trinajstić information content (AvgIpc) is 3.22. The Morgan fingerprint density at radius 1 is 0.617 bits per heavy atom. The van der Waals surface area contributed by atoms with Crippen LogP contribution >= 0.6 is 7.82 Å². The molecule has 60 heavy (non-hydrogen) atoms. The predicted octanol–water partition coefficient (Wildman–Crippen LogP) is 9.52. The van der Waals surface area contributed by atoms with Crippen molar-refractivity contribution in [3.8, 4) is 0 Å². The average molecular weight is 864 g/mol. The zero-order valence-corrected chi connectivity index (χ0v) is 37.4. The first-order valence-corrected chi connectivity index (χ1v) is 23.5. The molecule has 0 saturated carbocycles. The van der Waals surface area contributed by atoms with Crippen molar-refractivity contribution < 1.29 is 52.9 Å². The minimum atomic E-state index is -4.49. The van der Waals surface area contributed by atoms with E-state index in [1.807, 2.05) is 0 Å². The zero-order valence-electron chi connectivity index (χ0n) is 36.5. The molecule has 0 rings (SSSR count). The summed E-state index contributed by atoms with van der Waals surface area (Å²) in [6.07, 6.45) is 42.3. The summed E-state index contributed by atoms with van der Waals surface area (Å²) in [5.41, 5.74) is 5.32. The fraction of sp³-hybridized carbons (Fsp3) is 0.617. The predicted molar refractivity (Wildman–Crippen MR) is 242 cm³/mol. The molecule has 0 fully saturated rings. The largest absolute Gasteiger partial charge is 0.472 e. The van der Waals surface area contributed by atoms with Gasteiger partial charge in [0.25, 0.3) is 0 Å². The molecule has 0 aliphatic carbocycles. The number of aliphatic hydroxyl groups excluding tert-OH is 3. The van der Waals surface area contributed by atoms with E-state index in [4.69, 9.17) is 24.3 Å². The van der Waals surface area contributed by atoms with Crippen LogP contribution in [0.2, 0.25) is 0 Å². The monoisotopic (exact) mass is 864 g/mol. The van der Waals surface area contributed by atoms with Gasteiger partial charge in [-0.05, 0) is 70.6 Å². The third-order valence-electron chi connectivity index (χ3n) is 8.81. The van der Waals surface area contributed by atoms with Crippen molar-refractivity contribution in [2.75, 3.05) is 26.4 Å². The number of carbonyl (C=O) groups excluding carboxylic acids is 2. The van der Waals surface area contributed by atoms with Crippen molar-refractivity contribution in [2.24, 2.45) is 5.73 Å². The summed E-state index contributed by atoms with van der Waals surface area (Å²) >= 11 is 0. The molecule has 0 amide bonds. The molecule has 0 saturated heterocycles. The maximum atomic E-state index is 12.6. The molecule has 0 aromatic rings. The molecule has 12 nitrogen and oxygen atoms in total. The number of hydrogen-bond donors (Lipinski definition) is 5. The van der Waals surface area contributed by atoms with E-state index in [-0.39, 0.29) is 38.8 Å². The normalized spacial score (nSPS) is 15.8. The van der Waals surface area contributed by atoms with Crippen molar-refractivity contribution in [3.63, 3.8) is 0 Å². The fourth-order valence-corrected chi connectivity index (χ4v) is 6.12. The number of phosphoric ester groups is 1. The summed E-state index contributed by atoms with van der Waals surface area (Å²) in [7, 11) is -4.49. The first-order chi connectivity index (χ1) is 29.0. The van der Waals surface area contributed by atoms with Gasteiger partial charge in [0, 0.05) is 19.4 Å². The van der Waals surface area contributed by atoms with E-state index in [9.17, 15) is 34.4 Å². The highest BCUT2D eigenvalue weighted by Gasteiger charge is 2.26. The molecular formula is C47H78NO11P. The first kappa shape index (κ1) is 56.8. The molecule has 0 aliphatic heterocycles. The second-order valence-corrected chi connectivity index (χ2v) is 15.9. The Morgan fingerprint density at radius 3 is 1.78 bits per heavy atom. The highest BCUT2D eigenvalue weighted by Crippen LogP contribution is 2.43. The van der Waals surface area contributed by atoms with Gasteiger partial charge in [-0.1, -0.05) is 150 Å². The number of phosphoric acid groups is 1. The Kier molecular flexibility index (Phi) is 39.0. The van der Waals surface area contributed by atoms with Crippen LogP contribution in [-0.4, -0.2) is 82.9 Å². The molecule has 6 N–H and O–H groups in total. The van der Waals surface area contributed by atoms with Gasteiger partial charge in [0.1, 0.15) is 6.61 Å². The second-order valence-electron chi connectivity index (χ2n) is 14.4.